The van der Waals surface area contributed by atoms with Gasteiger partial charge in [0.25, 0.3) is 0 Å². The van der Waals surface area contributed by atoms with Gasteiger partial charge in [0.05, 0.1) is 17.3 Å². The van der Waals surface area contributed by atoms with Gasteiger partial charge in [-0.1, -0.05) is 60.7 Å². The molecule has 4 rings (SSSR count). The summed E-state index contributed by atoms with van der Waals surface area (Å²) in [4.78, 5) is 12.8. The average molecular weight is 342 g/mol. The summed E-state index contributed by atoms with van der Waals surface area (Å²) in [7, 11) is 0. The highest BCUT2D eigenvalue weighted by atomic mass is 16.4. The zero-order valence-corrected chi connectivity index (χ0v) is 14.1. The van der Waals surface area contributed by atoms with Crippen molar-refractivity contribution in [3.8, 4) is 0 Å². The topological polar surface area (TPSA) is 68.3 Å². The van der Waals surface area contributed by atoms with E-state index in [1.165, 1.54) is 0 Å². The summed E-state index contributed by atoms with van der Waals surface area (Å²) in [6, 6.07) is 26.4. The Hall–Kier alpha value is -3.53. The van der Waals surface area contributed by atoms with Crippen molar-refractivity contribution in [2.75, 3.05) is 11.1 Å². The number of nitrogen functional groups attached to an aromatic ring is 1. The maximum atomic E-state index is 12.8. The monoisotopic (exact) mass is 342 g/mol. The van der Waals surface area contributed by atoms with Crippen molar-refractivity contribution in [3.05, 3.63) is 106 Å². The van der Waals surface area contributed by atoms with E-state index in [0.29, 0.717) is 16.8 Å². The highest BCUT2D eigenvalue weighted by molar-refractivity contribution is 5.90. The van der Waals surface area contributed by atoms with E-state index in [1.807, 2.05) is 78.9 Å². The number of hydrogen-bond donors (Lipinski definition) is 2. The van der Waals surface area contributed by atoms with Crippen LogP contribution in [-0.2, 0) is 0 Å². The van der Waals surface area contributed by atoms with Gasteiger partial charge in [-0.25, -0.2) is 4.79 Å². The normalized spacial score (nSPS) is 12.0. The van der Waals surface area contributed by atoms with Crippen molar-refractivity contribution in [3.63, 3.8) is 0 Å². The lowest BCUT2D eigenvalue weighted by atomic mass is 9.97. The first kappa shape index (κ1) is 16.0. The lowest BCUT2D eigenvalue weighted by Crippen LogP contribution is -2.22. The van der Waals surface area contributed by atoms with Crippen molar-refractivity contribution in [1.29, 1.82) is 0 Å². The second kappa shape index (κ2) is 6.76. The minimum Gasteiger partial charge on any atom is -0.422 e. The Bertz CT molecular complexity index is 1090. The molecule has 0 bridgehead atoms. The second-order valence-corrected chi connectivity index (χ2v) is 6.07. The molecule has 1 atom stereocenters. The smallest absolute Gasteiger partial charge is 0.344 e. The third-order valence-corrected chi connectivity index (χ3v) is 4.40. The standard InChI is InChI=1S/C22H18N2O2/c23-20-17-13-7-8-14-18(17)26-22(25)19(20)21(15-9-3-1-4-10-15)24-16-11-5-2-6-12-16/h1-14,21,24H,23H2. The van der Waals surface area contributed by atoms with Gasteiger partial charge in [0, 0.05) is 11.1 Å². The molecule has 4 nitrogen and oxygen atoms in total. The number of rotatable bonds is 4. The van der Waals surface area contributed by atoms with Crippen LogP contribution in [0.5, 0.6) is 0 Å². The van der Waals surface area contributed by atoms with Gasteiger partial charge >= 0.3 is 5.63 Å². The van der Waals surface area contributed by atoms with Crippen LogP contribution in [0.15, 0.2) is 94.1 Å². The van der Waals surface area contributed by atoms with Gasteiger partial charge < -0.3 is 15.5 Å². The van der Waals surface area contributed by atoms with E-state index in [2.05, 4.69) is 5.32 Å². The summed E-state index contributed by atoms with van der Waals surface area (Å²) >= 11 is 0. The number of fused-ring (bicyclic) bond motifs is 1. The fourth-order valence-electron chi connectivity index (χ4n) is 3.13. The van der Waals surface area contributed by atoms with Gasteiger partial charge in [-0.2, -0.15) is 0 Å². The lowest BCUT2D eigenvalue weighted by Gasteiger charge is -2.22. The predicted molar refractivity (Wildman–Crippen MR) is 105 cm³/mol. The molecule has 0 spiro atoms. The molecule has 1 unspecified atom stereocenters. The Labute approximate surface area is 150 Å². The number of anilines is 2. The van der Waals surface area contributed by atoms with Crippen LogP contribution in [0.3, 0.4) is 0 Å². The van der Waals surface area contributed by atoms with E-state index < -0.39 is 11.7 Å². The number of nitrogens with two attached hydrogens (primary N) is 1. The zero-order valence-electron chi connectivity index (χ0n) is 14.1. The maximum Gasteiger partial charge on any atom is 0.344 e. The molecule has 0 aliphatic rings. The van der Waals surface area contributed by atoms with Gasteiger partial charge in [0.2, 0.25) is 0 Å². The van der Waals surface area contributed by atoms with Crippen LogP contribution in [0, 0.1) is 0 Å². The minimum atomic E-state index is -0.432. The van der Waals surface area contributed by atoms with Crippen LogP contribution >= 0.6 is 0 Å². The summed E-state index contributed by atoms with van der Waals surface area (Å²) < 4.78 is 5.54. The summed E-state index contributed by atoms with van der Waals surface area (Å²) in [6.07, 6.45) is 0. The van der Waals surface area contributed by atoms with E-state index >= 15 is 0 Å². The van der Waals surface area contributed by atoms with Crippen molar-refractivity contribution < 1.29 is 4.42 Å². The van der Waals surface area contributed by atoms with Crippen molar-refractivity contribution in [1.82, 2.24) is 0 Å². The van der Waals surface area contributed by atoms with Crippen LogP contribution in [0.4, 0.5) is 11.4 Å². The van der Waals surface area contributed by atoms with Crippen LogP contribution in [-0.4, -0.2) is 0 Å². The first-order chi connectivity index (χ1) is 12.7. The molecule has 26 heavy (non-hydrogen) atoms. The van der Waals surface area contributed by atoms with Crippen molar-refractivity contribution in [2.24, 2.45) is 0 Å². The van der Waals surface area contributed by atoms with Gasteiger partial charge in [-0.15, -0.1) is 0 Å². The fraction of sp³-hybridized carbons (Fsp3) is 0.0455. The molecule has 3 N–H and O–H groups in total. The van der Waals surface area contributed by atoms with Crippen molar-refractivity contribution in [2.45, 2.75) is 6.04 Å². The van der Waals surface area contributed by atoms with Crippen LogP contribution in [0.1, 0.15) is 17.2 Å². The molecule has 4 aromatic rings. The van der Waals surface area contributed by atoms with E-state index in [1.54, 1.807) is 6.07 Å². The fourth-order valence-corrected chi connectivity index (χ4v) is 3.13. The molecule has 0 aliphatic heterocycles. The van der Waals surface area contributed by atoms with Gasteiger partial charge in [0.15, 0.2) is 0 Å². The summed E-state index contributed by atoms with van der Waals surface area (Å²) in [5.41, 5.74) is 9.16. The zero-order chi connectivity index (χ0) is 17.9. The van der Waals surface area contributed by atoms with Crippen molar-refractivity contribution >= 4 is 22.3 Å². The van der Waals surface area contributed by atoms with E-state index in [4.69, 9.17) is 10.2 Å². The van der Waals surface area contributed by atoms with Crippen LogP contribution in [0.2, 0.25) is 0 Å². The van der Waals surface area contributed by atoms with Crippen LogP contribution in [0.25, 0.3) is 11.0 Å². The molecule has 1 aromatic heterocycles. The van der Waals surface area contributed by atoms with Gasteiger partial charge in [-0.3, -0.25) is 0 Å². The molecular formula is C22H18N2O2. The highest BCUT2D eigenvalue weighted by Crippen LogP contribution is 2.32. The Morgan fingerprint density at radius 2 is 1.42 bits per heavy atom. The Balaban J connectivity index is 1.92. The number of benzene rings is 3. The van der Waals surface area contributed by atoms with E-state index in [9.17, 15) is 4.79 Å². The molecule has 0 radical (unpaired) electrons. The molecule has 4 heteroatoms. The molecule has 0 aliphatic carbocycles. The molecule has 0 fully saturated rings. The average Bonchev–Trinajstić information content (AvgIpc) is 2.69. The minimum absolute atomic E-state index is 0.416. The Kier molecular flexibility index (Phi) is 4.15. The summed E-state index contributed by atoms with van der Waals surface area (Å²) in [5, 5.41) is 4.15. The molecule has 1 heterocycles. The van der Waals surface area contributed by atoms with E-state index in [-0.39, 0.29) is 0 Å². The third kappa shape index (κ3) is 2.93. The summed E-state index contributed by atoms with van der Waals surface area (Å²) in [5.74, 6) is 0. The SMILES string of the molecule is Nc1c(C(Nc2ccccc2)c2ccccc2)c(=O)oc2ccccc12. The predicted octanol–water partition coefficient (Wildman–Crippen LogP) is 4.58. The molecule has 0 saturated carbocycles. The number of nitrogens with one attached hydrogen (secondary N) is 1. The van der Waals surface area contributed by atoms with Gasteiger partial charge in [0.1, 0.15) is 5.58 Å². The quantitative estimate of drug-likeness (QED) is 0.533. The third-order valence-electron chi connectivity index (χ3n) is 4.40. The molecular weight excluding hydrogens is 324 g/mol. The largest absolute Gasteiger partial charge is 0.422 e. The maximum absolute atomic E-state index is 12.8. The lowest BCUT2D eigenvalue weighted by molar-refractivity contribution is 0.548. The highest BCUT2D eigenvalue weighted by Gasteiger charge is 2.23. The number of para-hydroxylation sites is 2. The first-order valence-electron chi connectivity index (χ1n) is 8.42. The molecule has 3 aromatic carbocycles. The molecule has 0 amide bonds. The second-order valence-electron chi connectivity index (χ2n) is 6.07. The van der Waals surface area contributed by atoms with Crippen LogP contribution < -0.4 is 16.7 Å². The van der Waals surface area contributed by atoms with E-state index in [0.717, 1.165) is 16.6 Å². The molecule has 128 valence electrons. The summed E-state index contributed by atoms with van der Waals surface area (Å²) in [6.45, 7) is 0. The Morgan fingerprint density at radius 3 is 2.15 bits per heavy atom. The molecule has 0 saturated heterocycles. The van der Waals surface area contributed by atoms with Gasteiger partial charge in [-0.05, 0) is 29.8 Å². The Morgan fingerprint density at radius 1 is 0.808 bits per heavy atom. The number of hydrogen-bond acceptors (Lipinski definition) is 4. The first-order valence-corrected chi connectivity index (χ1v) is 8.42.